The molecule has 0 bridgehead atoms. The highest BCUT2D eigenvalue weighted by molar-refractivity contribution is 6.32. The number of halogens is 1. The second kappa shape index (κ2) is 13.3. The lowest BCUT2D eigenvalue weighted by atomic mass is 10.0. The molecule has 0 unspecified atom stereocenters. The number of rotatable bonds is 11. The van der Waals surface area contributed by atoms with Gasteiger partial charge in [-0.05, 0) is 53.1 Å². The minimum atomic E-state index is -0.900. The molecule has 1 atom stereocenters. The fourth-order valence-corrected chi connectivity index (χ4v) is 4.12. The first kappa shape index (κ1) is 26.7. The first-order valence-corrected chi connectivity index (χ1v) is 12.4. The Kier molecular flexibility index (Phi) is 9.32. The van der Waals surface area contributed by atoms with Gasteiger partial charge < -0.3 is 19.7 Å². The summed E-state index contributed by atoms with van der Waals surface area (Å²) in [5, 5.41) is 3.38. The number of nitrogens with zero attached hydrogens (tertiary/aromatic N) is 2. The van der Waals surface area contributed by atoms with Crippen molar-refractivity contribution in [3.8, 4) is 11.5 Å². The second-order valence-corrected chi connectivity index (χ2v) is 8.88. The van der Waals surface area contributed by atoms with Crippen molar-refractivity contribution in [1.82, 2.24) is 15.2 Å². The van der Waals surface area contributed by atoms with E-state index in [9.17, 15) is 9.59 Å². The minimum Gasteiger partial charge on any atom is -0.497 e. The van der Waals surface area contributed by atoms with Gasteiger partial charge in [-0.3, -0.25) is 14.6 Å². The Labute approximate surface area is 227 Å². The molecule has 1 heterocycles. The van der Waals surface area contributed by atoms with Gasteiger partial charge in [0.1, 0.15) is 17.5 Å². The summed E-state index contributed by atoms with van der Waals surface area (Å²) in [5.74, 6) is 0.412. The van der Waals surface area contributed by atoms with E-state index < -0.39 is 6.04 Å². The summed E-state index contributed by atoms with van der Waals surface area (Å²) in [6.45, 7) is 0.184. The van der Waals surface area contributed by atoms with Crippen molar-refractivity contribution < 1.29 is 19.1 Å². The van der Waals surface area contributed by atoms with E-state index in [-0.39, 0.29) is 25.0 Å². The van der Waals surface area contributed by atoms with Crippen molar-refractivity contribution in [3.63, 3.8) is 0 Å². The molecule has 0 aliphatic rings. The van der Waals surface area contributed by atoms with E-state index in [1.54, 1.807) is 43.8 Å². The van der Waals surface area contributed by atoms with Gasteiger partial charge >= 0.3 is 0 Å². The van der Waals surface area contributed by atoms with E-state index in [4.69, 9.17) is 21.1 Å². The number of aromatic nitrogens is 1. The summed E-state index contributed by atoms with van der Waals surface area (Å²) in [5.41, 5.74) is 2.41. The van der Waals surface area contributed by atoms with Crippen LogP contribution in [0.25, 0.3) is 0 Å². The number of nitrogens with one attached hydrogen (secondary N) is 1. The fraction of sp³-hybridized carbons (Fsp3) is 0.167. The van der Waals surface area contributed by atoms with Gasteiger partial charge in [0.15, 0.2) is 6.61 Å². The Bertz CT molecular complexity index is 1330. The summed E-state index contributed by atoms with van der Waals surface area (Å²) >= 11 is 6.22. The van der Waals surface area contributed by atoms with Crippen molar-refractivity contribution in [2.45, 2.75) is 19.1 Å². The van der Waals surface area contributed by atoms with Crippen LogP contribution < -0.4 is 14.8 Å². The van der Waals surface area contributed by atoms with Crippen molar-refractivity contribution in [3.05, 3.63) is 125 Å². The maximum Gasteiger partial charge on any atom is 0.261 e. The molecule has 3 aromatic carbocycles. The summed E-state index contributed by atoms with van der Waals surface area (Å²) < 4.78 is 11.0. The SMILES string of the molecule is COc1ccc(CN(C(=O)COc2ccccc2Cl)[C@H](C(=O)NCc2ccncc2)c2ccccc2)cc1. The lowest BCUT2D eigenvalue weighted by Gasteiger charge is -2.31. The predicted molar refractivity (Wildman–Crippen MR) is 146 cm³/mol. The molecule has 0 radical (unpaired) electrons. The number of pyridine rings is 1. The number of carbonyl (C=O) groups excluding carboxylic acids is 2. The van der Waals surface area contributed by atoms with Gasteiger partial charge in [-0.2, -0.15) is 0 Å². The first-order chi connectivity index (χ1) is 18.5. The van der Waals surface area contributed by atoms with Crippen molar-refractivity contribution in [2.75, 3.05) is 13.7 Å². The Morgan fingerprint density at radius 1 is 0.895 bits per heavy atom. The predicted octanol–water partition coefficient (Wildman–Crippen LogP) is 5.21. The summed E-state index contributed by atoms with van der Waals surface area (Å²) in [7, 11) is 1.59. The molecule has 2 amide bonds. The zero-order valence-corrected chi connectivity index (χ0v) is 21.7. The molecule has 38 heavy (non-hydrogen) atoms. The maximum atomic E-state index is 13.7. The molecule has 8 heteroatoms. The molecule has 0 aliphatic carbocycles. The summed E-state index contributed by atoms with van der Waals surface area (Å²) in [6, 6.07) is 26.3. The third kappa shape index (κ3) is 7.11. The van der Waals surface area contributed by atoms with E-state index in [0.29, 0.717) is 28.6 Å². The molecule has 0 fully saturated rings. The number of methoxy groups -OCH3 is 1. The van der Waals surface area contributed by atoms with Crippen LogP contribution >= 0.6 is 11.6 Å². The largest absolute Gasteiger partial charge is 0.497 e. The molecular formula is C30H28ClN3O4. The number of para-hydroxylation sites is 1. The molecule has 7 nitrogen and oxygen atoms in total. The molecule has 0 aliphatic heterocycles. The number of ether oxygens (including phenoxy) is 2. The summed E-state index contributed by atoms with van der Waals surface area (Å²) in [6.07, 6.45) is 3.34. The van der Waals surface area contributed by atoms with Crippen LogP contribution in [0.5, 0.6) is 11.5 Å². The average molecular weight is 530 g/mol. The van der Waals surface area contributed by atoms with Gasteiger partial charge in [-0.15, -0.1) is 0 Å². The van der Waals surface area contributed by atoms with Gasteiger partial charge in [-0.1, -0.05) is 66.2 Å². The normalized spacial score (nSPS) is 11.3. The Hall–Kier alpha value is -4.36. The highest BCUT2D eigenvalue weighted by Crippen LogP contribution is 2.27. The van der Waals surface area contributed by atoms with Crippen molar-refractivity contribution >= 4 is 23.4 Å². The topological polar surface area (TPSA) is 80.8 Å². The van der Waals surface area contributed by atoms with Crippen LogP contribution in [0.1, 0.15) is 22.7 Å². The van der Waals surface area contributed by atoms with Gasteiger partial charge in [0.2, 0.25) is 5.91 Å². The Morgan fingerprint density at radius 2 is 1.58 bits per heavy atom. The number of hydrogen-bond donors (Lipinski definition) is 1. The van der Waals surface area contributed by atoms with Crippen LogP contribution in [0.4, 0.5) is 0 Å². The highest BCUT2D eigenvalue weighted by Gasteiger charge is 2.32. The molecule has 194 valence electrons. The quantitative estimate of drug-likeness (QED) is 0.288. The molecule has 4 aromatic rings. The standard InChI is InChI=1S/C30H28ClN3O4/c1-37-25-13-11-23(12-14-25)20-34(28(35)21-38-27-10-6-5-9-26(27)31)29(24-7-3-2-4-8-24)30(36)33-19-22-15-17-32-18-16-22/h2-18,29H,19-21H2,1H3,(H,33,36)/t29-/m0/s1. The molecule has 0 saturated heterocycles. The minimum absolute atomic E-state index is 0.178. The monoisotopic (exact) mass is 529 g/mol. The summed E-state index contributed by atoms with van der Waals surface area (Å²) in [4.78, 5) is 32.9. The number of amides is 2. The van der Waals surface area contributed by atoms with Crippen molar-refractivity contribution in [2.24, 2.45) is 0 Å². The molecule has 0 saturated carbocycles. The fourth-order valence-electron chi connectivity index (χ4n) is 3.93. The van der Waals surface area contributed by atoms with Gasteiger partial charge in [0.25, 0.3) is 5.91 Å². The molecule has 0 spiro atoms. The van der Waals surface area contributed by atoms with Crippen LogP contribution in [0, 0.1) is 0 Å². The van der Waals surface area contributed by atoms with Gasteiger partial charge in [0, 0.05) is 25.5 Å². The van der Waals surface area contributed by atoms with E-state index in [2.05, 4.69) is 10.3 Å². The molecule has 4 rings (SSSR count). The van der Waals surface area contributed by atoms with E-state index in [1.807, 2.05) is 66.7 Å². The van der Waals surface area contributed by atoms with Crippen LogP contribution in [-0.2, 0) is 22.7 Å². The Morgan fingerprint density at radius 3 is 2.26 bits per heavy atom. The van der Waals surface area contributed by atoms with E-state index in [1.165, 1.54) is 4.90 Å². The van der Waals surface area contributed by atoms with E-state index in [0.717, 1.165) is 11.1 Å². The van der Waals surface area contributed by atoms with Gasteiger partial charge in [0.05, 0.1) is 12.1 Å². The van der Waals surface area contributed by atoms with Crippen LogP contribution in [0.3, 0.4) is 0 Å². The zero-order valence-electron chi connectivity index (χ0n) is 20.9. The maximum absolute atomic E-state index is 13.7. The highest BCUT2D eigenvalue weighted by atomic mass is 35.5. The smallest absolute Gasteiger partial charge is 0.261 e. The number of hydrogen-bond acceptors (Lipinski definition) is 5. The van der Waals surface area contributed by atoms with Crippen molar-refractivity contribution in [1.29, 1.82) is 0 Å². The lowest BCUT2D eigenvalue weighted by Crippen LogP contribution is -2.45. The van der Waals surface area contributed by atoms with Crippen LogP contribution in [-0.4, -0.2) is 35.4 Å². The van der Waals surface area contributed by atoms with Crippen LogP contribution in [0.15, 0.2) is 103 Å². The molecular weight excluding hydrogens is 502 g/mol. The second-order valence-electron chi connectivity index (χ2n) is 8.48. The Balaban J connectivity index is 1.64. The van der Waals surface area contributed by atoms with Crippen LogP contribution in [0.2, 0.25) is 5.02 Å². The molecule has 1 aromatic heterocycles. The molecule has 1 N–H and O–H groups in total. The first-order valence-electron chi connectivity index (χ1n) is 12.1. The number of benzene rings is 3. The zero-order chi connectivity index (χ0) is 26.7. The lowest BCUT2D eigenvalue weighted by molar-refractivity contribution is -0.143. The van der Waals surface area contributed by atoms with Gasteiger partial charge in [-0.25, -0.2) is 0 Å². The third-order valence-corrected chi connectivity index (χ3v) is 6.22. The number of carbonyl (C=O) groups is 2. The third-order valence-electron chi connectivity index (χ3n) is 5.91. The average Bonchev–Trinajstić information content (AvgIpc) is 2.96. The van der Waals surface area contributed by atoms with E-state index >= 15 is 0 Å².